The van der Waals surface area contributed by atoms with E-state index in [1.54, 1.807) is 11.6 Å². The normalized spacial score (nSPS) is 20.3. The number of carbonyl (C=O) groups is 1. The van der Waals surface area contributed by atoms with Gasteiger partial charge in [0, 0.05) is 18.6 Å². The molecule has 1 N–H and O–H groups in total. The van der Waals surface area contributed by atoms with Crippen molar-refractivity contribution in [2.45, 2.75) is 30.3 Å². The summed E-state index contributed by atoms with van der Waals surface area (Å²) in [6.07, 6.45) is -1.15. The predicted molar refractivity (Wildman–Crippen MR) is 81.8 cm³/mol. The van der Waals surface area contributed by atoms with Crippen LogP contribution in [0, 0.1) is 5.92 Å². The number of amides is 1. The maximum absolute atomic E-state index is 12.9. The number of rotatable bonds is 7. The number of alkyl halides is 2. The van der Waals surface area contributed by atoms with Gasteiger partial charge in [0.2, 0.25) is 5.91 Å². The van der Waals surface area contributed by atoms with Gasteiger partial charge in [-0.15, -0.1) is 0 Å². The minimum atomic E-state index is -4.41. The van der Waals surface area contributed by atoms with Crippen LogP contribution in [0.1, 0.15) is 13.3 Å². The first-order valence-corrected chi connectivity index (χ1v) is 8.82. The summed E-state index contributed by atoms with van der Waals surface area (Å²) in [4.78, 5) is 11.3. The second-order valence-corrected chi connectivity index (χ2v) is 7.55. The predicted octanol–water partition coefficient (Wildman–Crippen LogP) is 2.21. The first-order valence-electron chi connectivity index (χ1n) is 6.96. The Morgan fingerprint density at radius 1 is 1.50 bits per heavy atom. The molecule has 1 amide bonds. The summed E-state index contributed by atoms with van der Waals surface area (Å²) in [6, 6.07) is 3.81. The molecule has 1 aliphatic rings. The topological polar surface area (TPSA) is 81.7 Å². The van der Waals surface area contributed by atoms with Crippen molar-refractivity contribution in [3.63, 3.8) is 0 Å². The molecule has 0 heterocycles. The lowest BCUT2D eigenvalue weighted by Crippen LogP contribution is -2.33. The Bertz CT molecular complexity index is 741. The van der Waals surface area contributed by atoms with E-state index in [1.165, 1.54) is 19.2 Å². The van der Waals surface area contributed by atoms with Crippen molar-refractivity contribution in [3.05, 3.63) is 23.2 Å². The quantitative estimate of drug-likeness (QED) is 0.780. The average Bonchev–Trinajstić information content (AvgIpc) is 3.10. The molecule has 1 saturated carbocycles. The molecule has 0 saturated heterocycles. The molecule has 1 fully saturated rings. The monoisotopic (exact) mass is 383 g/mol. The summed E-state index contributed by atoms with van der Waals surface area (Å²) in [6.45, 7) is 1.85. The Balaban J connectivity index is 2.25. The van der Waals surface area contributed by atoms with E-state index in [0.29, 0.717) is 0 Å². The highest BCUT2D eigenvalue weighted by Crippen LogP contribution is 2.48. The number of benzene rings is 1. The molecular formula is C14H16ClF2NO5S. The standard InChI is InChI=1S/C14H16ClF2NO5S/c1-8(7-22-2)23-11-4-3-9(15)5-12(11)24(20,21)18-13(19)10-6-14(10,16)17/h3-5,8,10H,6-7H2,1-2H3,(H,18,19). The van der Waals surface area contributed by atoms with Crippen LogP contribution in [0.25, 0.3) is 0 Å². The summed E-state index contributed by atoms with van der Waals surface area (Å²) in [5.74, 6) is -6.12. The number of methoxy groups -OCH3 is 1. The number of halogens is 3. The zero-order valence-corrected chi connectivity index (χ0v) is 14.5. The summed E-state index contributed by atoms with van der Waals surface area (Å²) in [7, 11) is -2.96. The van der Waals surface area contributed by atoms with Crippen LogP contribution in [0.2, 0.25) is 5.02 Å². The van der Waals surface area contributed by atoms with Crippen molar-refractivity contribution in [1.29, 1.82) is 0 Å². The van der Waals surface area contributed by atoms with Gasteiger partial charge in [-0.25, -0.2) is 21.9 Å². The Kier molecular flexibility index (Phi) is 5.36. The third kappa shape index (κ3) is 4.34. The second-order valence-electron chi connectivity index (χ2n) is 5.46. The van der Waals surface area contributed by atoms with Gasteiger partial charge >= 0.3 is 0 Å². The van der Waals surface area contributed by atoms with E-state index in [0.717, 1.165) is 6.07 Å². The van der Waals surface area contributed by atoms with Gasteiger partial charge in [0.05, 0.1) is 6.61 Å². The number of hydrogen-bond donors (Lipinski definition) is 1. The van der Waals surface area contributed by atoms with E-state index in [2.05, 4.69) is 0 Å². The molecule has 2 rings (SSSR count). The molecule has 0 radical (unpaired) electrons. The average molecular weight is 384 g/mol. The van der Waals surface area contributed by atoms with Crippen molar-refractivity contribution in [3.8, 4) is 5.75 Å². The molecule has 10 heteroatoms. The van der Waals surface area contributed by atoms with Crippen molar-refractivity contribution < 1.29 is 31.5 Å². The van der Waals surface area contributed by atoms with Crippen LogP contribution >= 0.6 is 11.6 Å². The number of hydrogen-bond acceptors (Lipinski definition) is 5. The maximum Gasteiger partial charge on any atom is 0.267 e. The molecule has 1 aliphatic carbocycles. The van der Waals surface area contributed by atoms with Gasteiger partial charge in [-0.05, 0) is 25.1 Å². The summed E-state index contributed by atoms with van der Waals surface area (Å²) in [5.41, 5.74) is 0. The summed E-state index contributed by atoms with van der Waals surface area (Å²) in [5, 5.41) is 0.0892. The summed E-state index contributed by atoms with van der Waals surface area (Å²) >= 11 is 5.80. The highest BCUT2D eigenvalue weighted by atomic mass is 35.5. The molecule has 6 nitrogen and oxygen atoms in total. The lowest BCUT2D eigenvalue weighted by Gasteiger charge is -2.17. The number of nitrogens with one attached hydrogen (secondary N) is 1. The third-order valence-electron chi connectivity index (χ3n) is 3.30. The van der Waals surface area contributed by atoms with E-state index in [1.807, 2.05) is 0 Å². The highest BCUT2D eigenvalue weighted by Gasteiger charge is 2.61. The fraction of sp³-hybridized carbons (Fsp3) is 0.500. The molecule has 0 aliphatic heterocycles. The Hall–Kier alpha value is -1.45. The Morgan fingerprint density at radius 2 is 2.12 bits per heavy atom. The maximum atomic E-state index is 12.9. The molecule has 0 bridgehead atoms. The zero-order valence-electron chi connectivity index (χ0n) is 12.9. The molecule has 2 unspecified atom stereocenters. The largest absolute Gasteiger partial charge is 0.487 e. The van der Waals surface area contributed by atoms with Crippen molar-refractivity contribution in [2.75, 3.05) is 13.7 Å². The van der Waals surface area contributed by atoms with Crippen LogP contribution in [0.5, 0.6) is 5.75 Å². The minimum Gasteiger partial charge on any atom is -0.487 e. The van der Waals surface area contributed by atoms with Crippen LogP contribution < -0.4 is 9.46 Å². The first kappa shape index (κ1) is 18.9. The van der Waals surface area contributed by atoms with Crippen LogP contribution in [0.4, 0.5) is 8.78 Å². The fourth-order valence-electron chi connectivity index (χ4n) is 2.03. The second kappa shape index (κ2) is 6.81. The van der Waals surface area contributed by atoms with E-state index in [4.69, 9.17) is 21.1 Å². The van der Waals surface area contributed by atoms with E-state index < -0.39 is 45.2 Å². The van der Waals surface area contributed by atoms with Gasteiger partial charge < -0.3 is 9.47 Å². The zero-order chi connectivity index (χ0) is 18.1. The lowest BCUT2D eigenvalue weighted by molar-refractivity contribution is -0.122. The van der Waals surface area contributed by atoms with Gasteiger partial charge in [0.15, 0.2) is 0 Å². The molecule has 1 aromatic carbocycles. The van der Waals surface area contributed by atoms with E-state index in [9.17, 15) is 22.0 Å². The number of ether oxygens (including phenoxy) is 2. The van der Waals surface area contributed by atoms with Crippen LogP contribution in [0.3, 0.4) is 0 Å². The summed E-state index contributed by atoms with van der Waals surface area (Å²) < 4.78 is 62.5. The smallest absolute Gasteiger partial charge is 0.267 e. The number of sulfonamides is 1. The Morgan fingerprint density at radius 3 is 2.67 bits per heavy atom. The highest BCUT2D eigenvalue weighted by molar-refractivity contribution is 7.90. The van der Waals surface area contributed by atoms with E-state index >= 15 is 0 Å². The molecule has 24 heavy (non-hydrogen) atoms. The van der Waals surface area contributed by atoms with E-state index in [-0.39, 0.29) is 17.4 Å². The molecule has 134 valence electrons. The molecule has 0 aromatic heterocycles. The van der Waals surface area contributed by atoms with Crippen molar-refractivity contribution in [2.24, 2.45) is 5.92 Å². The van der Waals surface area contributed by atoms with Crippen LogP contribution in [-0.4, -0.2) is 40.1 Å². The molecule has 2 atom stereocenters. The first-order chi connectivity index (χ1) is 11.1. The van der Waals surface area contributed by atoms with Crippen LogP contribution in [0.15, 0.2) is 23.1 Å². The molecular weight excluding hydrogens is 368 g/mol. The van der Waals surface area contributed by atoms with Gasteiger partial charge in [-0.3, -0.25) is 4.79 Å². The third-order valence-corrected chi connectivity index (χ3v) is 4.91. The van der Waals surface area contributed by atoms with Gasteiger partial charge in [0.25, 0.3) is 15.9 Å². The SMILES string of the molecule is COCC(C)Oc1ccc(Cl)cc1S(=O)(=O)NC(=O)C1CC1(F)F. The van der Waals surface area contributed by atoms with Gasteiger partial charge in [0.1, 0.15) is 22.7 Å². The van der Waals surface area contributed by atoms with Gasteiger partial charge in [-0.1, -0.05) is 11.6 Å². The fourth-order valence-corrected chi connectivity index (χ4v) is 3.45. The number of carbonyl (C=O) groups excluding carboxylic acids is 1. The van der Waals surface area contributed by atoms with Gasteiger partial charge in [-0.2, -0.15) is 0 Å². The van der Waals surface area contributed by atoms with Crippen molar-refractivity contribution in [1.82, 2.24) is 4.72 Å². The van der Waals surface area contributed by atoms with Crippen molar-refractivity contribution >= 4 is 27.5 Å². The van der Waals surface area contributed by atoms with Crippen LogP contribution in [-0.2, 0) is 19.6 Å². The molecule has 0 spiro atoms. The minimum absolute atomic E-state index is 0.0631. The lowest BCUT2D eigenvalue weighted by atomic mass is 10.3. The molecule has 1 aromatic rings. The Labute approximate surface area is 143 Å².